The average molecular weight is 277 g/mol. The van der Waals surface area contributed by atoms with Crippen molar-refractivity contribution in [3.05, 3.63) is 47.8 Å². The molecule has 1 heterocycles. The van der Waals surface area contributed by atoms with Gasteiger partial charge in [-0.3, -0.25) is 0 Å². The van der Waals surface area contributed by atoms with Crippen LogP contribution in [0.3, 0.4) is 0 Å². The lowest BCUT2D eigenvalue weighted by molar-refractivity contribution is 0.385. The molecule has 4 nitrogen and oxygen atoms in total. The molecule has 0 aliphatic carbocycles. The number of methoxy groups -OCH3 is 1. The number of halogens is 1. The quantitative estimate of drug-likeness (QED) is 0.882. The Balaban J connectivity index is 2.43. The predicted octanol–water partition coefficient (Wildman–Crippen LogP) is 2.75. The molecular weight excluding hydrogens is 257 g/mol. The van der Waals surface area contributed by atoms with E-state index in [1.807, 2.05) is 13.1 Å². The molecule has 20 heavy (non-hydrogen) atoms. The lowest BCUT2D eigenvalue weighted by Crippen LogP contribution is -2.25. The van der Waals surface area contributed by atoms with E-state index in [0.29, 0.717) is 0 Å². The van der Waals surface area contributed by atoms with Gasteiger partial charge in [0.05, 0.1) is 13.2 Å². The number of nitrogens with zero attached hydrogens (tertiary/aromatic N) is 2. The van der Waals surface area contributed by atoms with Crippen LogP contribution in [0.4, 0.5) is 4.39 Å². The second-order valence-electron chi connectivity index (χ2n) is 4.46. The largest absolute Gasteiger partial charge is 0.494 e. The lowest BCUT2D eigenvalue weighted by atomic mass is 10.1. The highest BCUT2D eigenvalue weighted by Gasteiger charge is 2.19. The van der Waals surface area contributed by atoms with Gasteiger partial charge in [-0.15, -0.1) is 0 Å². The van der Waals surface area contributed by atoms with E-state index in [1.165, 1.54) is 13.2 Å². The third-order valence-corrected chi connectivity index (χ3v) is 3.26. The van der Waals surface area contributed by atoms with E-state index in [4.69, 9.17) is 4.74 Å². The van der Waals surface area contributed by atoms with Gasteiger partial charge >= 0.3 is 0 Å². The molecular formula is C15H20FN3O. The zero-order valence-corrected chi connectivity index (χ0v) is 12.1. The predicted molar refractivity (Wildman–Crippen MR) is 76.4 cm³/mol. The summed E-state index contributed by atoms with van der Waals surface area (Å²) >= 11 is 0. The van der Waals surface area contributed by atoms with Gasteiger partial charge in [-0.1, -0.05) is 13.0 Å². The van der Waals surface area contributed by atoms with Gasteiger partial charge in [0.15, 0.2) is 11.6 Å². The lowest BCUT2D eigenvalue weighted by Gasteiger charge is -2.19. The van der Waals surface area contributed by atoms with Crippen molar-refractivity contribution in [2.24, 2.45) is 0 Å². The fourth-order valence-electron chi connectivity index (χ4n) is 2.27. The first-order chi connectivity index (χ1) is 9.71. The van der Waals surface area contributed by atoms with Gasteiger partial charge in [0.1, 0.15) is 5.82 Å². The number of aromatic nitrogens is 2. The molecule has 0 fully saturated rings. The first-order valence-electron chi connectivity index (χ1n) is 6.79. The summed E-state index contributed by atoms with van der Waals surface area (Å²) in [6.07, 6.45) is 3.73. The van der Waals surface area contributed by atoms with Crippen LogP contribution in [-0.4, -0.2) is 23.2 Å². The summed E-state index contributed by atoms with van der Waals surface area (Å²) in [7, 11) is 1.47. The maximum Gasteiger partial charge on any atom is 0.165 e. The summed E-state index contributed by atoms with van der Waals surface area (Å²) in [5.41, 5.74) is 0.936. The Hall–Kier alpha value is -1.88. The Morgan fingerprint density at radius 3 is 2.85 bits per heavy atom. The van der Waals surface area contributed by atoms with Crippen LogP contribution in [-0.2, 0) is 6.54 Å². The fraction of sp³-hybridized carbons (Fsp3) is 0.400. The van der Waals surface area contributed by atoms with Gasteiger partial charge in [0, 0.05) is 18.9 Å². The van der Waals surface area contributed by atoms with E-state index in [-0.39, 0.29) is 17.6 Å². The number of rotatable bonds is 6. The Morgan fingerprint density at radius 1 is 1.40 bits per heavy atom. The molecule has 1 atom stereocenters. The van der Waals surface area contributed by atoms with Gasteiger partial charge in [-0.2, -0.15) is 0 Å². The number of benzene rings is 1. The zero-order chi connectivity index (χ0) is 14.5. The smallest absolute Gasteiger partial charge is 0.165 e. The number of nitrogens with one attached hydrogen (secondary N) is 1. The van der Waals surface area contributed by atoms with Gasteiger partial charge in [0.2, 0.25) is 0 Å². The molecule has 0 bridgehead atoms. The normalized spacial score (nSPS) is 12.4. The van der Waals surface area contributed by atoms with Gasteiger partial charge < -0.3 is 14.6 Å². The van der Waals surface area contributed by atoms with E-state index in [1.54, 1.807) is 18.3 Å². The van der Waals surface area contributed by atoms with Crippen LogP contribution >= 0.6 is 0 Å². The highest BCUT2D eigenvalue weighted by molar-refractivity contribution is 5.34. The van der Waals surface area contributed by atoms with Crippen molar-refractivity contribution in [1.29, 1.82) is 0 Å². The number of hydrogen-bond acceptors (Lipinski definition) is 3. The standard InChI is InChI=1S/C15H20FN3O/c1-4-17-14(15-18-8-9-19(15)5-2)11-6-7-12(16)13(10-11)20-3/h6-10,14,17H,4-5H2,1-3H3. The molecule has 1 unspecified atom stereocenters. The molecule has 1 aromatic heterocycles. The third-order valence-electron chi connectivity index (χ3n) is 3.26. The Bertz CT molecular complexity index is 568. The Kier molecular flexibility index (Phi) is 4.74. The van der Waals surface area contributed by atoms with Gasteiger partial charge in [-0.05, 0) is 31.2 Å². The summed E-state index contributed by atoms with van der Waals surface area (Å²) in [6.45, 7) is 5.74. The van der Waals surface area contributed by atoms with E-state index in [9.17, 15) is 4.39 Å². The fourth-order valence-corrected chi connectivity index (χ4v) is 2.27. The summed E-state index contributed by atoms with van der Waals surface area (Å²) in [5.74, 6) is 0.813. The molecule has 0 radical (unpaired) electrons. The second kappa shape index (κ2) is 6.52. The van der Waals surface area contributed by atoms with E-state index in [0.717, 1.165) is 24.5 Å². The van der Waals surface area contributed by atoms with E-state index >= 15 is 0 Å². The van der Waals surface area contributed by atoms with Gasteiger partial charge in [0.25, 0.3) is 0 Å². The summed E-state index contributed by atoms with van der Waals surface area (Å²) in [4.78, 5) is 4.43. The molecule has 2 rings (SSSR count). The van der Waals surface area contributed by atoms with Crippen LogP contribution in [0.1, 0.15) is 31.3 Å². The highest BCUT2D eigenvalue weighted by Crippen LogP contribution is 2.26. The third kappa shape index (κ3) is 2.82. The van der Waals surface area contributed by atoms with Crippen LogP contribution in [0.15, 0.2) is 30.6 Å². The molecule has 1 aromatic carbocycles. The summed E-state index contributed by atoms with van der Waals surface area (Å²) in [6, 6.07) is 4.83. The minimum absolute atomic E-state index is 0.0792. The highest BCUT2D eigenvalue weighted by atomic mass is 19.1. The number of imidazole rings is 1. The SMILES string of the molecule is CCNC(c1ccc(F)c(OC)c1)c1nccn1CC. The van der Waals surface area contributed by atoms with Crippen molar-refractivity contribution in [2.45, 2.75) is 26.4 Å². The average Bonchev–Trinajstić information content (AvgIpc) is 2.93. The van der Waals surface area contributed by atoms with Crippen LogP contribution in [0, 0.1) is 5.82 Å². The molecule has 0 spiro atoms. The van der Waals surface area contributed by atoms with Crippen molar-refractivity contribution in [1.82, 2.24) is 14.9 Å². The number of ether oxygens (including phenoxy) is 1. The summed E-state index contributed by atoms with van der Waals surface area (Å²) in [5, 5.41) is 3.39. The zero-order valence-electron chi connectivity index (χ0n) is 12.1. The topological polar surface area (TPSA) is 39.1 Å². The first-order valence-corrected chi connectivity index (χ1v) is 6.79. The number of hydrogen-bond donors (Lipinski definition) is 1. The molecule has 108 valence electrons. The maximum atomic E-state index is 13.5. The van der Waals surface area contributed by atoms with Crippen molar-refractivity contribution in [2.75, 3.05) is 13.7 Å². The van der Waals surface area contributed by atoms with E-state index in [2.05, 4.69) is 21.8 Å². The molecule has 0 saturated carbocycles. The van der Waals surface area contributed by atoms with Crippen LogP contribution in [0.2, 0.25) is 0 Å². The minimum Gasteiger partial charge on any atom is -0.494 e. The monoisotopic (exact) mass is 277 g/mol. The molecule has 5 heteroatoms. The molecule has 1 N–H and O–H groups in total. The van der Waals surface area contributed by atoms with E-state index < -0.39 is 0 Å². The van der Waals surface area contributed by atoms with Crippen LogP contribution in [0.5, 0.6) is 5.75 Å². The molecule has 0 amide bonds. The van der Waals surface area contributed by atoms with Crippen molar-refractivity contribution >= 4 is 0 Å². The summed E-state index contributed by atoms with van der Waals surface area (Å²) < 4.78 is 20.7. The Labute approximate surface area is 118 Å². The molecule has 2 aromatic rings. The molecule has 0 saturated heterocycles. The van der Waals surface area contributed by atoms with Crippen LogP contribution < -0.4 is 10.1 Å². The molecule has 0 aliphatic rings. The van der Waals surface area contributed by atoms with Crippen molar-refractivity contribution in [3.8, 4) is 5.75 Å². The minimum atomic E-state index is -0.356. The Morgan fingerprint density at radius 2 is 2.20 bits per heavy atom. The van der Waals surface area contributed by atoms with Crippen molar-refractivity contribution < 1.29 is 9.13 Å². The van der Waals surface area contributed by atoms with Crippen LogP contribution in [0.25, 0.3) is 0 Å². The number of aryl methyl sites for hydroxylation is 1. The van der Waals surface area contributed by atoms with Gasteiger partial charge in [-0.25, -0.2) is 9.37 Å². The first kappa shape index (κ1) is 14.5. The molecule has 0 aliphatic heterocycles. The maximum absolute atomic E-state index is 13.5. The second-order valence-corrected chi connectivity index (χ2v) is 4.46. The van der Waals surface area contributed by atoms with Crippen molar-refractivity contribution in [3.63, 3.8) is 0 Å².